The molecule has 0 N–H and O–H groups in total. The summed E-state index contributed by atoms with van der Waals surface area (Å²) in [5.74, 6) is 0. The largest absolute Gasteiger partial charge is 0.261 e. The lowest BCUT2D eigenvalue weighted by molar-refractivity contribution is 0.605. The van der Waals surface area contributed by atoms with Gasteiger partial charge in [-0.3, -0.25) is 4.98 Å². The van der Waals surface area contributed by atoms with Crippen molar-refractivity contribution in [2.75, 3.05) is 0 Å². The SMILES string of the molecule is CCCCCCCCc1ccc(-c2ccc(-c3ccc(CCCCCCC)cc3)cc2)cn1. The molecule has 176 valence electrons. The van der Waals surface area contributed by atoms with Crippen LogP contribution in [0.15, 0.2) is 66.9 Å². The van der Waals surface area contributed by atoms with Crippen LogP contribution in [0.4, 0.5) is 0 Å². The minimum Gasteiger partial charge on any atom is -0.261 e. The van der Waals surface area contributed by atoms with Crippen molar-refractivity contribution in [3.8, 4) is 22.3 Å². The molecule has 0 atom stereocenters. The number of pyridine rings is 1. The summed E-state index contributed by atoms with van der Waals surface area (Å²) in [5.41, 5.74) is 7.69. The van der Waals surface area contributed by atoms with E-state index in [1.165, 1.54) is 111 Å². The van der Waals surface area contributed by atoms with Crippen LogP contribution >= 0.6 is 0 Å². The van der Waals surface area contributed by atoms with Crippen LogP contribution in [0.25, 0.3) is 22.3 Å². The van der Waals surface area contributed by atoms with Gasteiger partial charge in [-0.05, 0) is 54.0 Å². The highest BCUT2D eigenvalue weighted by Crippen LogP contribution is 2.25. The number of benzene rings is 2. The molecule has 0 radical (unpaired) electrons. The molecule has 0 fully saturated rings. The number of hydrogen-bond donors (Lipinski definition) is 0. The number of hydrogen-bond acceptors (Lipinski definition) is 1. The van der Waals surface area contributed by atoms with Crippen LogP contribution in [0.3, 0.4) is 0 Å². The van der Waals surface area contributed by atoms with Gasteiger partial charge in [0, 0.05) is 17.5 Å². The predicted octanol–water partition coefficient (Wildman–Crippen LogP) is 9.83. The van der Waals surface area contributed by atoms with Crippen molar-refractivity contribution < 1.29 is 0 Å². The maximum Gasteiger partial charge on any atom is 0.0404 e. The fourth-order valence-corrected chi connectivity index (χ4v) is 4.48. The molecule has 0 bridgehead atoms. The standard InChI is InChI=1S/C32H43N/c1-3-5-7-9-11-13-15-32-25-24-31(26-33-32)30-22-20-29(21-23-30)28-18-16-27(17-19-28)14-12-10-8-6-4-2/h16-26H,3-15H2,1-2H3. The van der Waals surface area contributed by atoms with Gasteiger partial charge in [-0.25, -0.2) is 0 Å². The second-order valence-corrected chi connectivity index (χ2v) is 9.49. The quantitative estimate of drug-likeness (QED) is 0.214. The summed E-state index contributed by atoms with van der Waals surface area (Å²) >= 11 is 0. The third kappa shape index (κ3) is 8.80. The molecule has 0 aliphatic heterocycles. The Hall–Kier alpha value is -2.41. The van der Waals surface area contributed by atoms with Crippen LogP contribution in [0.2, 0.25) is 0 Å². The summed E-state index contributed by atoms with van der Waals surface area (Å²) in [6, 6.07) is 22.5. The molecule has 0 aliphatic carbocycles. The Labute approximate surface area is 202 Å². The fourth-order valence-electron chi connectivity index (χ4n) is 4.48. The van der Waals surface area contributed by atoms with Gasteiger partial charge in [-0.1, -0.05) is 126 Å². The van der Waals surface area contributed by atoms with Crippen molar-refractivity contribution in [3.63, 3.8) is 0 Å². The average molecular weight is 442 g/mol. The lowest BCUT2D eigenvalue weighted by Gasteiger charge is -2.07. The van der Waals surface area contributed by atoms with E-state index in [0.717, 1.165) is 6.42 Å². The Morgan fingerprint density at radius 3 is 1.45 bits per heavy atom. The van der Waals surface area contributed by atoms with Crippen molar-refractivity contribution in [2.45, 2.75) is 97.3 Å². The maximum absolute atomic E-state index is 4.72. The summed E-state index contributed by atoms with van der Waals surface area (Å²) in [6.45, 7) is 4.54. The number of unbranched alkanes of at least 4 members (excludes halogenated alkanes) is 9. The number of aromatic nitrogens is 1. The van der Waals surface area contributed by atoms with Crippen LogP contribution in [0.1, 0.15) is 95.7 Å². The van der Waals surface area contributed by atoms with Crippen LogP contribution in [-0.4, -0.2) is 4.98 Å². The van der Waals surface area contributed by atoms with Gasteiger partial charge >= 0.3 is 0 Å². The van der Waals surface area contributed by atoms with E-state index < -0.39 is 0 Å². The van der Waals surface area contributed by atoms with E-state index in [9.17, 15) is 0 Å². The third-order valence-electron chi connectivity index (χ3n) is 6.69. The second kappa shape index (κ2) is 14.7. The van der Waals surface area contributed by atoms with E-state index in [1.54, 1.807) is 0 Å². The Morgan fingerprint density at radius 2 is 0.909 bits per heavy atom. The zero-order chi connectivity index (χ0) is 23.1. The summed E-state index contributed by atoms with van der Waals surface area (Å²) in [5, 5.41) is 0. The number of rotatable bonds is 15. The van der Waals surface area contributed by atoms with E-state index in [0.29, 0.717) is 0 Å². The summed E-state index contributed by atoms with van der Waals surface area (Å²) < 4.78 is 0. The average Bonchev–Trinajstić information content (AvgIpc) is 2.87. The zero-order valence-electron chi connectivity index (χ0n) is 21.0. The van der Waals surface area contributed by atoms with Gasteiger partial charge in [0.05, 0.1) is 0 Å². The van der Waals surface area contributed by atoms with E-state index in [4.69, 9.17) is 4.98 Å². The number of aryl methyl sites for hydroxylation is 2. The van der Waals surface area contributed by atoms with Crippen LogP contribution in [-0.2, 0) is 12.8 Å². The molecule has 3 aromatic rings. The molecular formula is C32H43N. The molecule has 0 amide bonds. The molecule has 33 heavy (non-hydrogen) atoms. The van der Waals surface area contributed by atoms with E-state index in [-0.39, 0.29) is 0 Å². The molecule has 1 aromatic heterocycles. The van der Waals surface area contributed by atoms with Crippen LogP contribution in [0, 0.1) is 0 Å². The molecule has 1 heterocycles. The van der Waals surface area contributed by atoms with E-state index in [2.05, 4.69) is 74.5 Å². The third-order valence-corrected chi connectivity index (χ3v) is 6.69. The highest BCUT2D eigenvalue weighted by atomic mass is 14.7. The molecule has 0 aliphatic rings. The van der Waals surface area contributed by atoms with Crippen LogP contribution in [0.5, 0.6) is 0 Å². The van der Waals surface area contributed by atoms with Crippen molar-refractivity contribution in [1.82, 2.24) is 4.98 Å². The molecule has 0 saturated carbocycles. The molecule has 1 heteroatoms. The van der Waals surface area contributed by atoms with Crippen molar-refractivity contribution in [3.05, 3.63) is 78.1 Å². The second-order valence-electron chi connectivity index (χ2n) is 9.49. The van der Waals surface area contributed by atoms with Gasteiger partial charge in [0.2, 0.25) is 0 Å². The Kier molecular flexibility index (Phi) is 11.2. The summed E-state index contributed by atoms with van der Waals surface area (Å²) in [6.07, 6.45) is 19.1. The predicted molar refractivity (Wildman–Crippen MR) is 145 cm³/mol. The van der Waals surface area contributed by atoms with Crippen molar-refractivity contribution in [1.29, 1.82) is 0 Å². The van der Waals surface area contributed by atoms with Gasteiger partial charge in [0.15, 0.2) is 0 Å². The lowest BCUT2D eigenvalue weighted by atomic mass is 9.98. The van der Waals surface area contributed by atoms with Gasteiger partial charge in [-0.15, -0.1) is 0 Å². The van der Waals surface area contributed by atoms with E-state index >= 15 is 0 Å². The van der Waals surface area contributed by atoms with Gasteiger partial charge in [0.1, 0.15) is 0 Å². The minimum absolute atomic E-state index is 1.10. The fraction of sp³-hybridized carbons (Fsp3) is 0.469. The van der Waals surface area contributed by atoms with Crippen molar-refractivity contribution in [2.24, 2.45) is 0 Å². The Balaban J connectivity index is 1.48. The van der Waals surface area contributed by atoms with Gasteiger partial charge in [-0.2, -0.15) is 0 Å². The summed E-state index contributed by atoms with van der Waals surface area (Å²) in [7, 11) is 0. The maximum atomic E-state index is 4.72. The smallest absolute Gasteiger partial charge is 0.0404 e. The first kappa shape index (κ1) is 25.2. The highest BCUT2D eigenvalue weighted by Gasteiger charge is 2.03. The molecule has 0 spiro atoms. The Morgan fingerprint density at radius 1 is 0.455 bits per heavy atom. The molecule has 0 saturated heterocycles. The topological polar surface area (TPSA) is 12.9 Å². The van der Waals surface area contributed by atoms with E-state index in [1.807, 2.05) is 6.20 Å². The first-order valence-electron chi connectivity index (χ1n) is 13.4. The molecule has 3 rings (SSSR count). The zero-order valence-corrected chi connectivity index (χ0v) is 21.0. The normalized spacial score (nSPS) is 11.1. The molecule has 1 nitrogen and oxygen atoms in total. The lowest BCUT2D eigenvalue weighted by Crippen LogP contribution is -1.91. The Bertz CT molecular complexity index is 891. The first-order valence-corrected chi connectivity index (χ1v) is 13.4. The van der Waals surface area contributed by atoms with Gasteiger partial charge < -0.3 is 0 Å². The molecule has 0 unspecified atom stereocenters. The number of nitrogens with zero attached hydrogens (tertiary/aromatic N) is 1. The van der Waals surface area contributed by atoms with Gasteiger partial charge in [0.25, 0.3) is 0 Å². The molecule has 2 aromatic carbocycles. The van der Waals surface area contributed by atoms with Crippen LogP contribution < -0.4 is 0 Å². The van der Waals surface area contributed by atoms with Crippen molar-refractivity contribution >= 4 is 0 Å². The highest BCUT2D eigenvalue weighted by molar-refractivity contribution is 5.70. The molecular weight excluding hydrogens is 398 g/mol. The minimum atomic E-state index is 1.10. The first-order chi connectivity index (χ1) is 16.3. The monoisotopic (exact) mass is 441 g/mol. The summed E-state index contributed by atoms with van der Waals surface area (Å²) in [4.78, 5) is 4.72.